The Bertz CT molecular complexity index is 1650. The first-order valence-corrected chi connectivity index (χ1v) is 16.8. The minimum absolute atomic E-state index is 0.0776. The highest BCUT2D eigenvalue weighted by Gasteiger charge is 2.34. The highest BCUT2D eigenvalue weighted by molar-refractivity contribution is 9.10. The second-order valence-corrected chi connectivity index (χ2v) is 13.9. The maximum absolute atomic E-state index is 14.5. The summed E-state index contributed by atoms with van der Waals surface area (Å²) in [4.78, 5) is 29.8. The number of hydrogen-bond donors (Lipinski definition) is 1. The van der Waals surface area contributed by atoms with Gasteiger partial charge in [-0.15, -0.1) is 0 Å². The number of para-hydroxylation sites is 1. The van der Waals surface area contributed by atoms with Crippen molar-refractivity contribution in [3.05, 3.63) is 130 Å². The Labute approximate surface area is 269 Å². The number of rotatable bonds is 13. The molecule has 4 aromatic carbocycles. The summed E-state index contributed by atoms with van der Waals surface area (Å²) in [6.07, 6.45) is 0.264. The lowest BCUT2D eigenvalue weighted by Gasteiger charge is -2.34. The predicted octanol–water partition coefficient (Wildman–Crippen LogP) is 6.37. The van der Waals surface area contributed by atoms with Gasteiger partial charge in [0.25, 0.3) is 10.0 Å². The van der Waals surface area contributed by atoms with Crippen molar-refractivity contribution in [2.45, 2.75) is 44.7 Å². The van der Waals surface area contributed by atoms with E-state index in [9.17, 15) is 18.0 Å². The first-order valence-electron chi connectivity index (χ1n) is 14.5. The number of anilines is 1. The lowest BCUT2D eigenvalue weighted by Crippen LogP contribution is -2.53. The molecule has 4 rings (SSSR count). The fourth-order valence-electron chi connectivity index (χ4n) is 4.77. The summed E-state index contributed by atoms with van der Waals surface area (Å²) in [7, 11) is -4.13. The highest BCUT2D eigenvalue weighted by Crippen LogP contribution is 2.25. The van der Waals surface area contributed by atoms with Crippen molar-refractivity contribution < 1.29 is 18.0 Å². The summed E-state index contributed by atoms with van der Waals surface area (Å²) < 4.78 is 30.1. The van der Waals surface area contributed by atoms with E-state index < -0.39 is 28.5 Å². The maximum atomic E-state index is 14.5. The van der Waals surface area contributed by atoms with E-state index in [4.69, 9.17) is 0 Å². The van der Waals surface area contributed by atoms with E-state index in [1.165, 1.54) is 4.90 Å². The monoisotopic (exact) mass is 675 g/mol. The van der Waals surface area contributed by atoms with Gasteiger partial charge in [-0.05, 0) is 60.4 Å². The molecule has 7 nitrogen and oxygen atoms in total. The third kappa shape index (κ3) is 8.80. The molecule has 0 fully saturated rings. The summed E-state index contributed by atoms with van der Waals surface area (Å²) in [5.74, 6) is -0.581. The molecule has 0 saturated carbocycles. The number of amides is 2. The van der Waals surface area contributed by atoms with Crippen molar-refractivity contribution in [2.75, 3.05) is 17.4 Å². The maximum Gasteiger partial charge on any atom is 0.264 e. The molecule has 0 saturated heterocycles. The van der Waals surface area contributed by atoms with Crippen LogP contribution < -0.4 is 9.62 Å². The molecule has 0 radical (unpaired) electrons. The van der Waals surface area contributed by atoms with E-state index in [1.54, 1.807) is 54.6 Å². The molecule has 1 atom stereocenters. The molecular formula is C35H38BrN3O4S. The van der Waals surface area contributed by atoms with Gasteiger partial charge in [0.05, 0.1) is 10.6 Å². The zero-order valence-corrected chi connectivity index (χ0v) is 27.6. The Kier molecular flexibility index (Phi) is 11.4. The van der Waals surface area contributed by atoms with E-state index in [-0.39, 0.29) is 29.7 Å². The molecule has 0 spiro atoms. The second-order valence-electron chi connectivity index (χ2n) is 11.2. The van der Waals surface area contributed by atoms with Crippen molar-refractivity contribution in [1.82, 2.24) is 10.2 Å². The fourth-order valence-corrected chi connectivity index (χ4v) is 6.63. The number of nitrogens with zero attached hydrogens (tertiary/aromatic N) is 2. The summed E-state index contributed by atoms with van der Waals surface area (Å²) in [6.45, 7) is 5.96. The standard InChI is InChI=1S/C35H38BrN3O4S/c1-26(2)23-37-35(41)33(22-28-11-6-4-7-12-28)38(24-29-13-10-14-30(36)21-29)34(40)25-39(31-15-8-5-9-16-31)44(42,43)32-19-17-27(3)18-20-32/h4-21,26,33H,22-25H2,1-3H3,(H,37,41)/t33-/m0/s1. The predicted molar refractivity (Wildman–Crippen MR) is 179 cm³/mol. The first kappa shape index (κ1) is 33.0. The van der Waals surface area contributed by atoms with Crippen molar-refractivity contribution in [3.8, 4) is 0 Å². The van der Waals surface area contributed by atoms with E-state index in [0.29, 0.717) is 12.2 Å². The Morgan fingerprint density at radius 3 is 2.05 bits per heavy atom. The molecule has 0 unspecified atom stereocenters. The average Bonchev–Trinajstić information content (AvgIpc) is 3.01. The van der Waals surface area contributed by atoms with Gasteiger partial charge in [0.2, 0.25) is 11.8 Å². The molecule has 0 aliphatic rings. The molecule has 0 aliphatic heterocycles. The number of nitrogens with one attached hydrogen (secondary N) is 1. The van der Waals surface area contributed by atoms with E-state index >= 15 is 0 Å². The van der Waals surface area contributed by atoms with Crippen molar-refractivity contribution in [2.24, 2.45) is 5.92 Å². The summed E-state index contributed by atoms with van der Waals surface area (Å²) in [5.41, 5.74) is 2.96. The normalized spacial score (nSPS) is 12.0. The van der Waals surface area contributed by atoms with Crippen LogP contribution in [-0.2, 0) is 32.6 Å². The molecule has 44 heavy (non-hydrogen) atoms. The van der Waals surface area contributed by atoms with Crippen LogP contribution in [0.25, 0.3) is 0 Å². The van der Waals surface area contributed by atoms with Crippen LogP contribution in [0, 0.1) is 12.8 Å². The number of halogens is 1. The number of carbonyl (C=O) groups excluding carboxylic acids is 2. The van der Waals surface area contributed by atoms with Crippen molar-refractivity contribution >= 4 is 43.5 Å². The highest BCUT2D eigenvalue weighted by atomic mass is 79.9. The molecule has 1 N–H and O–H groups in total. The summed E-state index contributed by atoms with van der Waals surface area (Å²) in [5, 5.41) is 3.01. The van der Waals surface area contributed by atoms with Crippen molar-refractivity contribution in [1.29, 1.82) is 0 Å². The Morgan fingerprint density at radius 1 is 0.818 bits per heavy atom. The van der Waals surface area contributed by atoms with Gasteiger partial charge in [-0.1, -0.05) is 108 Å². The van der Waals surface area contributed by atoms with E-state index in [1.807, 2.05) is 75.4 Å². The molecule has 2 amide bonds. The number of aryl methyl sites for hydroxylation is 1. The van der Waals surface area contributed by atoms with Crippen LogP contribution >= 0.6 is 15.9 Å². The number of benzene rings is 4. The molecule has 230 valence electrons. The van der Waals surface area contributed by atoms with Crippen LogP contribution in [0.3, 0.4) is 0 Å². The Balaban J connectivity index is 1.78. The minimum Gasteiger partial charge on any atom is -0.354 e. The zero-order valence-electron chi connectivity index (χ0n) is 25.2. The summed E-state index contributed by atoms with van der Waals surface area (Å²) in [6, 6.07) is 31.3. The van der Waals surface area contributed by atoms with Crippen LogP contribution in [0.15, 0.2) is 119 Å². The van der Waals surface area contributed by atoms with Crippen LogP contribution in [0.2, 0.25) is 0 Å². The number of hydrogen-bond acceptors (Lipinski definition) is 4. The fraction of sp³-hybridized carbons (Fsp3) is 0.257. The molecule has 0 heterocycles. The minimum atomic E-state index is -4.13. The summed E-state index contributed by atoms with van der Waals surface area (Å²) >= 11 is 3.51. The van der Waals surface area contributed by atoms with Crippen LogP contribution in [-0.4, -0.2) is 44.3 Å². The molecule has 0 aromatic heterocycles. The lowest BCUT2D eigenvalue weighted by atomic mass is 10.0. The lowest BCUT2D eigenvalue weighted by molar-refractivity contribution is -0.140. The van der Waals surface area contributed by atoms with Gasteiger partial charge in [0.1, 0.15) is 12.6 Å². The molecule has 0 aliphatic carbocycles. The van der Waals surface area contributed by atoms with Gasteiger partial charge in [0.15, 0.2) is 0 Å². The Morgan fingerprint density at radius 2 is 1.43 bits per heavy atom. The number of sulfonamides is 1. The average molecular weight is 677 g/mol. The zero-order chi connectivity index (χ0) is 31.7. The third-order valence-corrected chi connectivity index (χ3v) is 9.41. The van der Waals surface area contributed by atoms with Crippen LogP contribution in [0.4, 0.5) is 5.69 Å². The van der Waals surface area contributed by atoms with Gasteiger partial charge in [-0.25, -0.2) is 8.42 Å². The van der Waals surface area contributed by atoms with E-state index in [2.05, 4.69) is 21.2 Å². The molecule has 9 heteroatoms. The van der Waals surface area contributed by atoms with Gasteiger partial charge in [-0.3, -0.25) is 13.9 Å². The molecule has 0 bridgehead atoms. The SMILES string of the molecule is Cc1ccc(S(=O)(=O)N(CC(=O)N(Cc2cccc(Br)c2)[C@@H](Cc2ccccc2)C(=O)NCC(C)C)c2ccccc2)cc1. The van der Waals surface area contributed by atoms with Gasteiger partial charge in [-0.2, -0.15) is 0 Å². The van der Waals surface area contributed by atoms with E-state index in [0.717, 1.165) is 25.5 Å². The van der Waals surface area contributed by atoms with Crippen molar-refractivity contribution in [3.63, 3.8) is 0 Å². The Hall–Kier alpha value is -3.95. The number of carbonyl (C=O) groups is 2. The van der Waals surface area contributed by atoms with Gasteiger partial charge >= 0.3 is 0 Å². The smallest absolute Gasteiger partial charge is 0.264 e. The molecular weight excluding hydrogens is 638 g/mol. The topological polar surface area (TPSA) is 86.8 Å². The van der Waals surface area contributed by atoms with Gasteiger partial charge in [0, 0.05) is 24.0 Å². The largest absolute Gasteiger partial charge is 0.354 e. The first-order chi connectivity index (χ1) is 21.0. The molecule has 4 aromatic rings. The second kappa shape index (κ2) is 15.2. The van der Waals surface area contributed by atoms with Gasteiger partial charge < -0.3 is 10.2 Å². The van der Waals surface area contributed by atoms with Crippen LogP contribution in [0.1, 0.15) is 30.5 Å². The quantitative estimate of drug-likeness (QED) is 0.179. The third-order valence-electron chi connectivity index (χ3n) is 7.13. The van der Waals surface area contributed by atoms with Crippen LogP contribution in [0.5, 0.6) is 0 Å².